The van der Waals surface area contributed by atoms with Gasteiger partial charge in [-0.05, 0) is 77.0 Å². The first-order valence-corrected chi connectivity index (χ1v) is 26.0. The van der Waals surface area contributed by atoms with Gasteiger partial charge in [-0.1, -0.05) is 76.1 Å². The van der Waals surface area contributed by atoms with Gasteiger partial charge in [0.15, 0.2) is 11.3 Å². The van der Waals surface area contributed by atoms with Crippen molar-refractivity contribution in [3.05, 3.63) is 59.3 Å². The van der Waals surface area contributed by atoms with Crippen LogP contribution in [0.25, 0.3) is 0 Å². The quantitative estimate of drug-likeness (QED) is 0.157. The maximum Gasteiger partial charge on any atom is 0.316 e. The van der Waals surface area contributed by atoms with Crippen LogP contribution in [0, 0.1) is 35.5 Å². The first-order valence-electron chi connectivity index (χ1n) is 26.0. The topological polar surface area (TPSA) is 179 Å². The van der Waals surface area contributed by atoms with Gasteiger partial charge >= 0.3 is 5.97 Å². The molecule has 6 heterocycles. The van der Waals surface area contributed by atoms with Crippen molar-refractivity contribution in [3.63, 3.8) is 0 Å². The first kappa shape index (κ1) is 54.5. The maximum atomic E-state index is 14.7. The normalized spacial score (nSPS) is 45.8. The maximum absolute atomic E-state index is 14.7. The van der Waals surface area contributed by atoms with Gasteiger partial charge in [0.1, 0.15) is 29.8 Å². The highest BCUT2D eigenvalue weighted by molar-refractivity contribution is 5.92. The van der Waals surface area contributed by atoms with Crippen molar-refractivity contribution in [2.45, 2.75) is 205 Å². The Morgan fingerprint density at radius 3 is 2.33 bits per heavy atom. The molecule has 20 atom stereocenters. The van der Waals surface area contributed by atoms with Gasteiger partial charge in [-0.25, -0.2) is 0 Å². The van der Waals surface area contributed by atoms with E-state index < -0.39 is 65.4 Å². The molecular weight excluding hydrogens is 897 g/mol. The molecule has 15 heteroatoms. The zero-order chi connectivity index (χ0) is 51.0. The molecule has 4 saturated heterocycles. The van der Waals surface area contributed by atoms with E-state index in [1.165, 1.54) is 6.92 Å². The van der Waals surface area contributed by atoms with Crippen molar-refractivity contribution in [1.82, 2.24) is 10.6 Å². The van der Waals surface area contributed by atoms with Gasteiger partial charge in [-0.15, -0.1) is 0 Å². The second-order valence-corrected chi connectivity index (χ2v) is 21.9. The lowest BCUT2D eigenvalue weighted by atomic mass is 9.70. The fourth-order valence-electron chi connectivity index (χ4n) is 13.2. The van der Waals surface area contributed by atoms with E-state index in [-0.39, 0.29) is 84.6 Å². The summed E-state index contributed by atoms with van der Waals surface area (Å²) < 4.78 is 59.8. The summed E-state index contributed by atoms with van der Waals surface area (Å²) >= 11 is 0. The number of carbonyl (C=O) groups is 3. The highest BCUT2D eigenvalue weighted by Crippen LogP contribution is 2.50. The van der Waals surface area contributed by atoms with E-state index in [2.05, 4.69) is 70.4 Å². The number of aliphatic hydroxyl groups is 1. The molecule has 15 nitrogen and oxygen atoms in total. The highest BCUT2D eigenvalue weighted by atomic mass is 16.7. The standard InChI is InChI=1S/C55H84N2O13/c1-15-30(4)49-33(7)21-22-53(70-49)27-40-24-39(69-53)20-19-32(6)46(31(5)17-16-18-38-28-65-50-48(59)34(8)23-41(51(60)68-40)55(38,50)64-14)43-25-42(62-12)47(35(9)66-43)44-26-45(63-13)54(36(10)67-44,57-37(11)58)52(61)56-29(2)3/h16-19,21-23,29-31,33,35-36,39-50,59H,15,20,24-28H2,1-14H3,(H,56,61)(H,57,58)/b17-16+,32-19+,38-18+/t30?,31-,33-,35-,36-,39+,40?,41-,42-,43?,44?,45-,46-,47-,48+,49+,50+,53+,54-,55+/m0/s1. The molecule has 1 aliphatic carbocycles. The Morgan fingerprint density at radius 2 is 1.67 bits per heavy atom. The zero-order valence-corrected chi connectivity index (χ0v) is 44.2. The fourth-order valence-corrected chi connectivity index (χ4v) is 13.2. The molecule has 7 rings (SSSR count). The number of esters is 1. The molecule has 2 bridgehead atoms. The SMILES string of the molecule is CCC(C)[C@H]1O[C@]2(C=C[C@@H]1C)CC1C[C@@H](C/C=C(\C)[C@@H](C3C[C@H](OC)[C@@H](C4C[C@H](OC)[C@](NC(C)=O)(C(=O)NC(C)C)[C@H](C)O4)[C@H](C)O3)[C@@H](C)/C=C/C=C3\CO[C@@H]4[C@H](O)C(C)=C[C@@H](C(=O)O1)[C@]34OC)O2. The van der Waals surface area contributed by atoms with Crippen molar-refractivity contribution in [3.8, 4) is 0 Å². The summed E-state index contributed by atoms with van der Waals surface area (Å²) in [7, 11) is 4.86. The Labute approximate surface area is 416 Å². The van der Waals surface area contributed by atoms with Crippen LogP contribution in [0.15, 0.2) is 59.3 Å². The fraction of sp³-hybridized carbons (Fsp3) is 0.764. The molecule has 4 unspecified atom stereocenters. The van der Waals surface area contributed by atoms with Crippen molar-refractivity contribution >= 4 is 17.8 Å². The summed E-state index contributed by atoms with van der Waals surface area (Å²) in [6.07, 6.45) is 12.0. The van der Waals surface area contributed by atoms with E-state index in [1.807, 2.05) is 45.9 Å². The Kier molecular flexibility index (Phi) is 17.2. The lowest BCUT2D eigenvalue weighted by Crippen LogP contribution is -2.75. The second kappa shape index (κ2) is 22.1. The molecule has 0 aromatic rings. The summed E-state index contributed by atoms with van der Waals surface area (Å²) in [4.78, 5) is 41.4. The van der Waals surface area contributed by atoms with Gasteiger partial charge in [-0.2, -0.15) is 0 Å². The minimum atomic E-state index is -1.45. The average molecular weight is 981 g/mol. The van der Waals surface area contributed by atoms with Crippen LogP contribution in [0.3, 0.4) is 0 Å². The van der Waals surface area contributed by atoms with Crippen molar-refractivity contribution in [1.29, 1.82) is 0 Å². The van der Waals surface area contributed by atoms with Gasteiger partial charge < -0.3 is 58.4 Å². The predicted molar refractivity (Wildman–Crippen MR) is 263 cm³/mol. The third kappa shape index (κ3) is 10.3. The molecule has 0 saturated carbocycles. The Balaban J connectivity index is 1.24. The molecule has 7 aliphatic rings. The molecule has 4 fully saturated rings. The van der Waals surface area contributed by atoms with E-state index in [0.717, 1.165) is 17.6 Å². The molecule has 1 spiro atoms. The smallest absolute Gasteiger partial charge is 0.316 e. The van der Waals surface area contributed by atoms with E-state index in [4.69, 9.17) is 42.6 Å². The molecular formula is C55H84N2O13. The summed E-state index contributed by atoms with van der Waals surface area (Å²) in [6.45, 7) is 21.9. The number of rotatable bonds is 10. The summed E-state index contributed by atoms with van der Waals surface area (Å²) in [6, 6.07) is -0.170. The third-order valence-corrected chi connectivity index (χ3v) is 16.9. The zero-order valence-electron chi connectivity index (χ0n) is 44.2. The number of carbonyl (C=O) groups excluding carboxylic acids is 3. The van der Waals surface area contributed by atoms with E-state index in [1.54, 1.807) is 27.4 Å². The molecule has 70 heavy (non-hydrogen) atoms. The summed E-state index contributed by atoms with van der Waals surface area (Å²) in [5.41, 5.74) is -0.273. The van der Waals surface area contributed by atoms with Gasteiger partial charge in [-0.3, -0.25) is 14.4 Å². The number of amides is 2. The van der Waals surface area contributed by atoms with Crippen molar-refractivity contribution < 1.29 is 62.1 Å². The van der Waals surface area contributed by atoms with Crippen molar-refractivity contribution in [2.24, 2.45) is 35.5 Å². The number of hydrogen-bond donors (Lipinski definition) is 3. The van der Waals surface area contributed by atoms with Crippen LogP contribution in [-0.2, 0) is 57.0 Å². The number of allylic oxidation sites excluding steroid dienone is 3. The van der Waals surface area contributed by atoms with Crippen molar-refractivity contribution in [2.75, 3.05) is 27.9 Å². The molecule has 0 aromatic carbocycles. The van der Waals surface area contributed by atoms with Gasteiger partial charge in [0, 0.05) is 77.7 Å². The van der Waals surface area contributed by atoms with Crippen LogP contribution in [0.5, 0.6) is 0 Å². The summed E-state index contributed by atoms with van der Waals surface area (Å²) in [5.74, 6) is -3.09. The summed E-state index contributed by atoms with van der Waals surface area (Å²) in [5, 5.41) is 17.4. The molecule has 0 aromatic heterocycles. The van der Waals surface area contributed by atoms with Crippen LogP contribution >= 0.6 is 0 Å². The third-order valence-electron chi connectivity index (χ3n) is 16.9. The Morgan fingerprint density at radius 1 is 0.929 bits per heavy atom. The monoisotopic (exact) mass is 981 g/mol. The lowest BCUT2D eigenvalue weighted by molar-refractivity contribution is -0.300. The van der Waals surface area contributed by atoms with E-state index in [9.17, 15) is 19.5 Å². The minimum absolute atomic E-state index is 0.0564. The minimum Gasteiger partial charge on any atom is -0.462 e. The number of ether oxygens (including phenoxy) is 9. The number of aliphatic hydroxyl groups excluding tert-OH is 1. The number of methoxy groups -OCH3 is 3. The van der Waals surface area contributed by atoms with Gasteiger partial charge in [0.25, 0.3) is 5.91 Å². The molecule has 3 N–H and O–H groups in total. The molecule has 2 amide bonds. The molecule has 0 radical (unpaired) electrons. The van der Waals surface area contributed by atoms with Crippen LogP contribution in [0.2, 0.25) is 0 Å². The van der Waals surface area contributed by atoms with Crippen LogP contribution in [-0.4, -0.2) is 141 Å². The lowest BCUT2D eigenvalue weighted by Gasteiger charge is -2.53. The van der Waals surface area contributed by atoms with E-state index >= 15 is 0 Å². The Bertz CT molecular complexity index is 2050. The second-order valence-electron chi connectivity index (χ2n) is 21.9. The first-order chi connectivity index (χ1) is 33.2. The highest BCUT2D eigenvalue weighted by Gasteiger charge is 2.62. The van der Waals surface area contributed by atoms with Crippen LogP contribution < -0.4 is 10.6 Å². The van der Waals surface area contributed by atoms with Gasteiger partial charge in [0.2, 0.25) is 5.91 Å². The molecule has 392 valence electrons. The largest absolute Gasteiger partial charge is 0.462 e. The molecule has 6 aliphatic heterocycles. The predicted octanol–water partition coefficient (Wildman–Crippen LogP) is 6.62. The Hall–Kier alpha value is -3.25. The van der Waals surface area contributed by atoms with Crippen LogP contribution in [0.1, 0.15) is 115 Å². The van der Waals surface area contributed by atoms with E-state index in [0.29, 0.717) is 37.7 Å². The van der Waals surface area contributed by atoms with Gasteiger partial charge in [0.05, 0.1) is 55.4 Å². The number of nitrogens with one attached hydrogen (secondary N) is 2. The average Bonchev–Trinajstić information content (AvgIpc) is 3.69. The number of fused-ring (bicyclic) bond motifs is 2. The number of hydrogen-bond acceptors (Lipinski definition) is 13. The van der Waals surface area contributed by atoms with Crippen LogP contribution in [0.4, 0.5) is 0 Å².